The molecule has 118 valence electrons. The molecular weight excluding hydrogens is 292 g/mol. The minimum absolute atomic E-state index is 0.0300. The Morgan fingerprint density at radius 3 is 2.74 bits per heavy atom. The van der Waals surface area contributed by atoms with Crippen LogP contribution in [0.5, 0.6) is 5.75 Å². The summed E-state index contributed by atoms with van der Waals surface area (Å²) in [6, 6.07) is 14.9. The van der Waals surface area contributed by atoms with E-state index in [-0.39, 0.29) is 18.4 Å². The Hall–Kier alpha value is -2.82. The van der Waals surface area contributed by atoms with Crippen molar-refractivity contribution in [3.63, 3.8) is 0 Å². The lowest BCUT2D eigenvalue weighted by atomic mass is 10.1. The first-order valence-corrected chi connectivity index (χ1v) is 7.58. The summed E-state index contributed by atoms with van der Waals surface area (Å²) in [6.07, 6.45) is 0.318. The van der Waals surface area contributed by atoms with E-state index in [0.29, 0.717) is 24.4 Å². The van der Waals surface area contributed by atoms with E-state index in [1.54, 1.807) is 23.1 Å². The number of anilines is 2. The maximum absolute atomic E-state index is 12.1. The van der Waals surface area contributed by atoms with Crippen LogP contribution in [0.15, 0.2) is 48.5 Å². The van der Waals surface area contributed by atoms with Crippen LogP contribution in [0, 0.1) is 0 Å². The molecule has 1 aliphatic rings. The lowest BCUT2D eigenvalue weighted by molar-refractivity contribution is -0.121. The second-order valence-electron chi connectivity index (χ2n) is 5.32. The van der Waals surface area contributed by atoms with Gasteiger partial charge in [0.05, 0.1) is 12.1 Å². The monoisotopic (exact) mass is 310 g/mol. The summed E-state index contributed by atoms with van der Waals surface area (Å²) >= 11 is 0. The number of nitrogens with zero attached hydrogens (tertiary/aromatic N) is 1. The van der Waals surface area contributed by atoms with Gasteiger partial charge in [-0.25, -0.2) is 0 Å². The van der Waals surface area contributed by atoms with Gasteiger partial charge in [0.1, 0.15) is 5.75 Å². The first-order chi connectivity index (χ1) is 11.2. The second-order valence-corrected chi connectivity index (χ2v) is 5.32. The molecule has 2 amide bonds. The number of hydrogen-bond donors (Lipinski definition) is 1. The molecule has 0 aromatic heterocycles. The van der Waals surface area contributed by atoms with Gasteiger partial charge >= 0.3 is 0 Å². The molecule has 0 bridgehead atoms. The molecule has 0 radical (unpaired) electrons. The smallest absolute Gasteiger partial charge is 0.265 e. The highest BCUT2D eigenvalue weighted by atomic mass is 16.5. The van der Waals surface area contributed by atoms with Crippen LogP contribution in [0.3, 0.4) is 0 Å². The average molecular weight is 310 g/mol. The van der Waals surface area contributed by atoms with Crippen molar-refractivity contribution in [1.82, 2.24) is 0 Å². The molecule has 23 heavy (non-hydrogen) atoms. The Balaban J connectivity index is 1.72. The van der Waals surface area contributed by atoms with Crippen molar-refractivity contribution in [3.8, 4) is 5.75 Å². The first-order valence-electron chi connectivity index (χ1n) is 7.58. The molecule has 0 atom stereocenters. The molecule has 0 unspecified atom stereocenters. The second kappa shape index (κ2) is 6.52. The van der Waals surface area contributed by atoms with Crippen molar-refractivity contribution in [2.45, 2.75) is 13.3 Å². The maximum atomic E-state index is 12.1. The molecule has 3 rings (SSSR count). The van der Waals surface area contributed by atoms with Gasteiger partial charge in [0.25, 0.3) is 5.91 Å². The molecule has 1 N–H and O–H groups in total. The van der Waals surface area contributed by atoms with Crippen LogP contribution in [0.25, 0.3) is 0 Å². The number of hydrogen-bond acceptors (Lipinski definition) is 3. The van der Waals surface area contributed by atoms with E-state index in [4.69, 9.17) is 4.74 Å². The highest BCUT2D eigenvalue weighted by molar-refractivity contribution is 5.99. The van der Waals surface area contributed by atoms with Gasteiger partial charge < -0.3 is 15.0 Å². The van der Waals surface area contributed by atoms with E-state index < -0.39 is 0 Å². The Bertz CT molecular complexity index is 728. The molecule has 0 spiro atoms. The zero-order valence-corrected chi connectivity index (χ0v) is 12.9. The molecule has 0 aliphatic carbocycles. The summed E-state index contributed by atoms with van der Waals surface area (Å²) in [5.41, 5.74) is 2.36. The summed E-state index contributed by atoms with van der Waals surface area (Å²) in [7, 11) is 0. The highest BCUT2D eigenvalue weighted by Gasteiger charge is 2.24. The van der Waals surface area contributed by atoms with Gasteiger partial charge in [0.15, 0.2) is 6.61 Å². The maximum Gasteiger partial charge on any atom is 0.265 e. The van der Waals surface area contributed by atoms with Crippen molar-refractivity contribution >= 4 is 23.2 Å². The number of likely N-dealkylation sites (N-methyl/N-ethyl adjacent to an activating group) is 1. The largest absolute Gasteiger partial charge is 0.481 e. The zero-order chi connectivity index (χ0) is 16.2. The Morgan fingerprint density at radius 1 is 1.22 bits per heavy atom. The number of ether oxygens (including phenoxy) is 1. The molecule has 2 aromatic carbocycles. The summed E-state index contributed by atoms with van der Waals surface area (Å²) in [6.45, 7) is 2.54. The third-order valence-electron chi connectivity index (χ3n) is 3.71. The normalized spacial score (nSPS) is 13.3. The minimum Gasteiger partial charge on any atom is -0.481 e. The third-order valence-corrected chi connectivity index (χ3v) is 3.71. The molecule has 0 saturated heterocycles. The van der Waals surface area contributed by atoms with E-state index in [1.165, 1.54) is 0 Å². The fourth-order valence-corrected chi connectivity index (χ4v) is 2.62. The van der Waals surface area contributed by atoms with Crippen LogP contribution in [-0.2, 0) is 16.0 Å². The molecule has 0 fully saturated rings. The fraction of sp³-hybridized carbons (Fsp3) is 0.222. The van der Waals surface area contributed by atoms with Gasteiger partial charge in [-0.3, -0.25) is 9.59 Å². The molecular formula is C18H18N2O3. The van der Waals surface area contributed by atoms with E-state index in [1.807, 2.05) is 37.3 Å². The summed E-state index contributed by atoms with van der Waals surface area (Å²) in [4.78, 5) is 25.6. The SMILES string of the molecule is CCN1C(=O)COc2cc(NC(=O)Cc3ccccc3)ccc21. The highest BCUT2D eigenvalue weighted by Crippen LogP contribution is 2.34. The lowest BCUT2D eigenvalue weighted by Gasteiger charge is -2.28. The van der Waals surface area contributed by atoms with E-state index in [2.05, 4.69) is 5.32 Å². The van der Waals surface area contributed by atoms with Crippen molar-refractivity contribution < 1.29 is 14.3 Å². The molecule has 1 aliphatic heterocycles. The van der Waals surface area contributed by atoms with E-state index >= 15 is 0 Å². The van der Waals surface area contributed by atoms with Crippen LogP contribution in [0.1, 0.15) is 12.5 Å². The Kier molecular flexibility index (Phi) is 4.28. The standard InChI is InChI=1S/C18H18N2O3/c1-2-20-15-9-8-14(11-16(15)23-12-18(20)22)19-17(21)10-13-6-4-3-5-7-13/h3-9,11H,2,10,12H2,1H3,(H,19,21). The number of rotatable bonds is 4. The lowest BCUT2D eigenvalue weighted by Crippen LogP contribution is -2.38. The number of carbonyl (C=O) groups is 2. The minimum atomic E-state index is -0.0876. The quantitative estimate of drug-likeness (QED) is 0.944. The summed E-state index contributed by atoms with van der Waals surface area (Å²) in [5.74, 6) is 0.472. The van der Waals surface area contributed by atoms with E-state index in [9.17, 15) is 9.59 Å². The van der Waals surface area contributed by atoms with Crippen LogP contribution < -0.4 is 15.0 Å². The number of fused-ring (bicyclic) bond motifs is 1. The molecule has 2 aromatic rings. The predicted octanol–water partition coefficient (Wildman–Crippen LogP) is 2.61. The van der Waals surface area contributed by atoms with Gasteiger partial charge in [-0.2, -0.15) is 0 Å². The van der Waals surface area contributed by atoms with Crippen molar-refractivity contribution in [2.75, 3.05) is 23.4 Å². The topological polar surface area (TPSA) is 58.6 Å². The summed E-state index contributed by atoms with van der Waals surface area (Å²) in [5, 5.41) is 2.86. The van der Waals surface area contributed by atoms with Crippen LogP contribution in [0.4, 0.5) is 11.4 Å². The fourth-order valence-electron chi connectivity index (χ4n) is 2.62. The third kappa shape index (κ3) is 3.34. The van der Waals surface area contributed by atoms with Crippen molar-refractivity contribution in [2.24, 2.45) is 0 Å². The van der Waals surface area contributed by atoms with Crippen molar-refractivity contribution in [3.05, 3.63) is 54.1 Å². The van der Waals surface area contributed by atoms with E-state index in [0.717, 1.165) is 11.3 Å². The molecule has 0 saturated carbocycles. The Morgan fingerprint density at radius 2 is 2.00 bits per heavy atom. The number of benzene rings is 2. The average Bonchev–Trinajstić information content (AvgIpc) is 2.56. The van der Waals surface area contributed by atoms with Crippen molar-refractivity contribution in [1.29, 1.82) is 0 Å². The predicted molar refractivity (Wildman–Crippen MR) is 88.7 cm³/mol. The van der Waals surface area contributed by atoms with Gasteiger partial charge in [-0.05, 0) is 24.6 Å². The van der Waals surface area contributed by atoms with Crippen LogP contribution >= 0.6 is 0 Å². The first kappa shape index (κ1) is 15.1. The molecule has 5 nitrogen and oxygen atoms in total. The Labute approximate surface area is 134 Å². The van der Waals surface area contributed by atoms with Gasteiger partial charge in [-0.1, -0.05) is 30.3 Å². The van der Waals surface area contributed by atoms with Crippen LogP contribution in [0.2, 0.25) is 0 Å². The summed E-state index contributed by atoms with van der Waals surface area (Å²) < 4.78 is 5.47. The van der Waals surface area contributed by atoms with Gasteiger partial charge in [0.2, 0.25) is 5.91 Å². The van der Waals surface area contributed by atoms with Gasteiger partial charge in [-0.15, -0.1) is 0 Å². The molecule has 5 heteroatoms. The number of nitrogens with one attached hydrogen (secondary N) is 1. The molecule has 1 heterocycles. The number of carbonyl (C=O) groups excluding carboxylic acids is 2. The number of amides is 2. The zero-order valence-electron chi connectivity index (χ0n) is 12.9. The van der Waals surface area contributed by atoms with Gasteiger partial charge in [0, 0.05) is 18.3 Å². The van der Waals surface area contributed by atoms with Crippen LogP contribution in [-0.4, -0.2) is 25.0 Å².